The molecule has 0 saturated heterocycles. The van der Waals surface area contributed by atoms with Crippen LogP contribution in [-0.4, -0.2) is 15.8 Å². The highest BCUT2D eigenvalue weighted by Gasteiger charge is 2.26. The van der Waals surface area contributed by atoms with Crippen molar-refractivity contribution in [3.8, 4) is 11.5 Å². The molecule has 0 radical (unpaired) electrons. The van der Waals surface area contributed by atoms with Crippen LogP contribution in [0.1, 0.15) is 10.4 Å². The van der Waals surface area contributed by atoms with Crippen LogP contribution in [0, 0.1) is 10.1 Å². The predicted molar refractivity (Wildman–Crippen MR) is 79.6 cm³/mol. The maximum atomic E-state index is 11.4. The van der Waals surface area contributed by atoms with Crippen molar-refractivity contribution in [2.24, 2.45) is 5.73 Å². The fourth-order valence-electron chi connectivity index (χ4n) is 2.09. The number of halogens is 1. The van der Waals surface area contributed by atoms with E-state index >= 15 is 0 Å². The molecule has 2 aromatic carbocycles. The number of carbonyl (C=O) groups excluding carboxylic acids is 1. The number of primary amides is 1. The second-order valence-corrected chi connectivity index (χ2v) is 4.81. The number of nitrogens with two attached hydrogens (primary N) is 1. The summed E-state index contributed by atoms with van der Waals surface area (Å²) in [6, 6.07) is 9.21. The van der Waals surface area contributed by atoms with Crippen molar-refractivity contribution in [3.05, 3.63) is 57.1 Å². The molecule has 1 heterocycles. The Morgan fingerprint density at radius 1 is 1.27 bits per heavy atom. The molecule has 1 aromatic heterocycles. The zero-order chi connectivity index (χ0) is 15.9. The number of para-hydroxylation sites is 2. The Hall–Kier alpha value is -2.93. The number of fused-ring (bicyclic) bond motifs is 1. The Balaban J connectivity index is 2.33. The molecule has 22 heavy (non-hydrogen) atoms. The molecule has 0 unspecified atom stereocenters. The van der Waals surface area contributed by atoms with Gasteiger partial charge in [0.1, 0.15) is 11.1 Å². The minimum absolute atomic E-state index is 0.0375. The van der Waals surface area contributed by atoms with E-state index in [0.717, 1.165) is 6.07 Å². The number of carbonyl (C=O) groups is 1. The highest BCUT2D eigenvalue weighted by atomic mass is 35.5. The molecule has 0 aliphatic carbocycles. The molecule has 2 N–H and O–H groups in total. The molecule has 7 nitrogen and oxygen atoms in total. The number of nitro groups is 1. The lowest BCUT2D eigenvalue weighted by Crippen LogP contribution is -2.12. The van der Waals surface area contributed by atoms with Crippen molar-refractivity contribution in [2.75, 3.05) is 0 Å². The average molecular weight is 318 g/mol. The quantitative estimate of drug-likeness (QED) is 0.589. The number of amides is 1. The third kappa shape index (κ3) is 2.17. The summed E-state index contributed by atoms with van der Waals surface area (Å²) < 4.78 is 5.51. The van der Waals surface area contributed by atoms with Gasteiger partial charge in [0.2, 0.25) is 11.8 Å². The van der Waals surface area contributed by atoms with Gasteiger partial charge in [0.25, 0.3) is 5.69 Å². The Bertz CT molecular complexity index is 887. The molecule has 0 spiro atoms. The van der Waals surface area contributed by atoms with Crippen LogP contribution in [0.2, 0.25) is 5.02 Å². The fraction of sp³-hybridized carbons (Fsp3) is 0. The molecule has 1 amide bonds. The number of hydrogen-bond acceptors (Lipinski definition) is 5. The monoisotopic (exact) mass is 317 g/mol. The highest BCUT2D eigenvalue weighted by Crippen LogP contribution is 2.39. The van der Waals surface area contributed by atoms with E-state index in [-0.39, 0.29) is 27.7 Å². The van der Waals surface area contributed by atoms with Crippen molar-refractivity contribution in [3.63, 3.8) is 0 Å². The summed E-state index contributed by atoms with van der Waals surface area (Å²) in [5, 5.41) is 11.0. The van der Waals surface area contributed by atoms with E-state index in [1.54, 1.807) is 24.3 Å². The van der Waals surface area contributed by atoms with Gasteiger partial charge in [-0.1, -0.05) is 23.7 Å². The van der Waals surface area contributed by atoms with Gasteiger partial charge in [0.15, 0.2) is 5.58 Å². The van der Waals surface area contributed by atoms with Crippen LogP contribution in [0.15, 0.2) is 40.8 Å². The Morgan fingerprint density at radius 3 is 2.64 bits per heavy atom. The zero-order valence-electron chi connectivity index (χ0n) is 10.9. The van der Waals surface area contributed by atoms with Crippen molar-refractivity contribution >= 4 is 34.3 Å². The molecular weight excluding hydrogens is 310 g/mol. The van der Waals surface area contributed by atoms with Crippen LogP contribution in [0.5, 0.6) is 0 Å². The summed E-state index contributed by atoms with van der Waals surface area (Å²) in [5.41, 5.74) is 5.76. The van der Waals surface area contributed by atoms with E-state index in [4.69, 9.17) is 21.8 Å². The first kappa shape index (κ1) is 14.0. The van der Waals surface area contributed by atoms with E-state index < -0.39 is 10.8 Å². The molecule has 3 rings (SSSR count). The van der Waals surface area contributed by atoms with Crippen molar-refractivity contribution in [1.82, 2.24) is 4.98 Å². The van der Waals surface area contributed by atoms with E-state index in [0.29, 0.717) is 11.1 Å². The number of oxazole rings is 1. The molecular formula is C14H8ClN3O4. The van der Waals surface area contributed by atoms with Crippen LogP contribution in [0.25, 0.3) is 22.6 Å². The summed E-state index contributed by atoms with van der Waals surface area (Å²) >= 11 is 6.11. The lowest BCUT2D eigenvalue weighted by atomic mass is 10.1. The normalized spacial score (nSPS) is 10.8. The maximum Gasteiger partial charge on any atom is 0.283 e. The second kappa shape index (κ2) is 5.12. The number of benzene rings is 2. The van der Waals surface area contributed by atoms with Gasteiger partial charge < -0.3 is 10.2 Å². The molecule has 0 aliphatic heterocycles. The van der Waals surface area contributed by atoms with Gasteiger partial charge in [0.05, 0.1) is 15.5 Å². The molecule has 110 valence electrons. The first-order valence-electron chi connectivity index (χ1n) is 6.11. The number of hydrogen-bond donors (Lipinski definition) is 1. The summed E-state index contributed by atoms with van der Waals surface area (Å²) in [7, 11) is 0. The van der Waals surface area contributed by atoms with Gasteiger partial charge >= 0.3 is 0 Å². The topological polar surface area (TPSA) is 112 Å². The molecule has 0 saturated carbocycles. The van der Waals surface area contributed by atoms with Gasteiger partial charge in [-0.3, -0.25) is 14.9 Å². The van der Waals surface area contributed by atoms with Crippen molar-refractivity contribution < 1.29 is 14.1 Å². The van der Waals surface area contributed by atoms with E-state index in [1.165, 1.54) is 6.07 Å². The smallest absolute Gasteiger partial charge is 0.283 e. The highest BCUT2D eigenvalue weighted by molar-refractivity contribution is 6.36. The van der Waals surface area contributed by atoms with E-state index in [1.807, 2.05) is 0 Å². The molecule has 0 bridgehead atoms. The van der Waals surface area contributed by atoms with Crippen LogP contribution in [0.4, 0.5) is 5.69 Å². The van der Waals surface area contributed by atoms with Gasteiger partial charge in [-0.05, 0) is 18.2 Å². The molecule has 8 heteroatoms. The van der Waals surface area contributed by atoms with Crippen LogP contribution in [0.3, 0.4) is 0 Å². The lowest BCUT2D eigenvalue weighted by Gasteiger charge is -2.05. The minimum Gasteiger partial charge on any atom is -0.436 e. The van der Waals surface area contributed by atoms with E-state index in [9.17, 15) is 14.9 Å². The average Bonchev–Trinajstić information content (AvgIpc) is 2.89. The SMILES string of the molecule is NC(=O)c1ccc([N+](=O)[O-])c(-c2nc3ccccc3o2)c1Cl. The van der Waals surface area contributed by atoms with Gasteiger partial charge in [-0.25, -0.2) is 4.98 Å². The van der Waals surface area contributed by atoms with Crippen molar-refractivity contribution in [2.45, 2.75) is 0 Å². The third-order valence-electron chi connectivity index (χ3n) is 3.09. The third-order valence-corrected chi connectivity index (χ3v) is 3.48. The van der Waals surface area contributed by atoms with Crippen LogP contribution >= 0.6 is 11.6 Å². The molecule has 0 fully saturated rings. The number of aromatic nitrogens is 1. The fourth-order valence-corrected chi connectivity index (χ4v) is 2.42. The standard InChI is InChI=1S/C14H8ClN3O4/c15-12-7(13(16)19)5-6-9(18(20)21)11(12)14-17-8-3-1-2-4-10(8)22-14/h1-6H,(H2,16,19). The summed E-state index contributed by atoms with van der Waals surface area (Å²) in [4.78, 5) is 26.1. The number of rotatable bonds is 3. The summed E-state index contributed by atoms with van der Waals surface area (Å²) in [6.07, 6.45) is 0. The molecule has 3 aromatic rings. The molecule has 0 aliphatic rings. The van der Waals surface area contributed by atoms with Crippen LogP contribution < -0.4 is 5.73 Å². The van der Waals surface area contributed by atoms with Gasteiger partial charge in [0, 0.05) is 6.07 Å². The lowest BCUT2D eigenvalue weighted by molar-refractivity contribution is -0.384. The van der Waals surface area contributed by atoms with E-state index in [2.05, 4.69) is 4.98 Å². The minimum atomic E-state index is -0.794. The summed E-state index contributed by atoms with van der Waals surface area (Å²) in [5.74, 6) is -0.835. The largest absolute Gasteiger partial charge is 0.436 e. The first-order chi connectivity index (χ1) is 10.5. The second-order valence-electron chi connectivity index (χ2n) is 4.43. The molecule has 0 atom stereocenters. The van der Waals surface area contributed by atoms with Gasteiger partial charge in [-0.15, -0.1) is 0 Å². The Morgan fingerprint density at radius 2 is 2.00 bits per heavy atom. The predicted octanol–water partition coefficient (Wildman–Crippen LogP) is 3.16. The summed E-state index contributed by atoms with van der Waals surface area (Å²) in [6.45, 7) is 0. The Labute approximate surface area is 128 Å². The number of nitro benzene ring substituents is 1. The van der Waals surface area contributed by atoms with Crippen LogP contribution in [-0.2, 0) is 0 Å². The van der Waals surface area contributed by atoms with Crippen molar-refractivity contribution in [1.29, 1.82) is 0 Å². The van der Waals surface area contributed by atoms with Gasteiger partial charge in [-0.2, -0.15) is 0 Å². The maximum absolute atomic E-state index is 11.4. The zero-order valence-corrected chi connectivity index (χ0v) is 11.7. The number of nitrogens with zero attached hydrogens (tertiary/aromatic N) is 2. The Kier molecular flexibility index (Phi) is 3.26. The first-order valence-corrected chi connectivity index (χ1v) is 6.49.